The number of aryl methyl sites for hydroxylation is 1. The SMILES string of the molecule is Cc1ccc(C(C)C)c(OCCOc2c(Cl)cc(/C=c3\sc4nc5ccccc5n4c3=O)cc2Cl)c1. The molecule has 5 aromatic rings. The van der Waals surface area contributed by atoms with Crippen molar-refractivity contribution >= 4 is 56.6 Å². The minimum atomic E-state index is -0.120. The van der Waals surface area contributed by atoms with Gasteiger partial charge in [0.05, 0.1) is 25.6 Å². The van der Waals surface area contributed by atoms with Gasteiger partial charge in [-0.1, -0.05) is 72.7 Å². The first-order valence-corrected chi connectivity index (χ1v) is 13.2. The van der Waals surface area contributed by atoms with E-state index in [0.717, 1.165) is 27.9 Å². The maximum atomic E-state index is 13.0. The van der Waals surface area contributed by atoms with Crippen LogP contribution in [0.1, 0.15) is 36.5 Å². The molecule has 2 heterocycles. The Morgan fingerprint density at radius 3 is 2.50 bits per heavy atom. The monoisotopic (exact) mass is 538 g/mol. The van der Waals surface area contributed by atoms with Crippen LogP contribution in [0.25, 0.3) is 22.1 Å². The van der Waals surface area contributed by atoms with Gasteiger partial charge in [0.2, 0.25) is 0 Å². The Hall–Kier alpha value is -3.06. The van der Waals surface area contributed by atoms with E-state index in [1.165, 1.54) is 11.3 Å². The van der Waals surface area contributed by atoms with Crippen LogP contribution < -0.4 is 19.6 Å². The summed E-state index contributed by atoms with van der Waals surface area (Å²) in [5.74, 6) is 1.61. The number of fused-ring (bicyclic) bond motifs is 3. The van der Waals surface area contributed by atoms with Crippen molar-refractivity contribution in [2.24, 2.45) is 0 Å². The molecule has 36 heavy (non-hydrogen) atoms. The Morgan fingerprint density at radius 2 is 1.75 bits per heavy atom. The number of nitrogens with zero attached hydrogens (tertiary/aromatic N) is 2. The summed E-state index contributed by atoms with van der Waals surface area (Å²) in [4.78, 5) is 18.2. The van der Waals surface area contributed by atoms with Crippen molar-refractivity contribution in [3.05, 3.63) is 96.2 Å². The third kappa shape index (κ3) is 4.81. The highest BCUT2D eigenvalue weighted by Crippen LogP contribution is 2.34. The zero-order valence-electron chi connectivity index (χ0n) is 20.0. The molecule has 3 aromatic carbocycles. The molecular formula is C28H24Cl2N2O3S. The topological polar surface area (TPSA) is 52.8 Å². The Labute approximate surface area is 222 Å². The average Bonchev–Trinajstić information content (AvgIpc) is 3.34. The highest BCUT2D eigenvalue weighted by atomic mass is 35.5. The predicted octanol–water partition coefficient (Wildman–Crippen LogP) is 6.65. The first-order valence-electron chi connectivity index (χ1n) is 11.6. The molecule has 0 unspecified atom stereocenters. The molecule has 184 valence electrons. The fraction of sp³-hybridized carbons (Fsp3) is 0.214. The van der Waals surface area contributed by atoms with E-state index >= 15 is 0 Å². The van der Waals surface area contributed by atoms with Crippen LogP contribution in [0.4, 0.5) is 0 Å². The molecule has 0 aliphatic heterocycles. The minimum Gasteiger partial charge on any atom is -0.490 e. The van der Waals surface area contributed by atoms with Crippen LogP contribution in [0.5, 0.6) is 11.5 Å². The van der Waals surface area contributed by atoms with Crippen molar-refractivity contribution in [1.29, 1.82) is 0 Å². The van der Waals surface area contributed by atoms with Crippen molar-refractivity contribution in [2.45, 2.75) is 26.7 Å². The van der Waals surface area contributed by atoms with Gasteiger partial charge in [-0.15, -0.1) is 0 Å². The van der Waals surface area contributed by atoms with Gasteiger partial charge >= 0.3 is 0 Å². The number of para-hydroxylation sites is 2. The number of thiazole rings is 1. The first kappa shape index (κ1) is 24.6. The van der Waals surface area contributed by atoms with Crippen molar-refractivity contribution < 1.29 is 9.47 Å². The number of benzene rings is 3. The van der Waals surface area contributed by atoms with Gasteiger partial charge in [0, 0.05) is 0 Å². The zero-order chi connectivity index (χ0) is 25.4. The smallest absolute Gasteiger partial charge is 0.274 e. The standard InChI is InChI=1S/C28H24Cl2N2O3S/c1-16(2)19-9-8-17(3)12-24(19)34-10-11-35-26-20(29)13-18(14-21(26)30)15-25-27(33)32-23-7-5-4-6-22(23)31-28(32)36-25/h4-9,12-16H,10-11H2,1-3H3/b25-15-. The van der Waals surface area contributed by atoms with Gasteiger partial charge in [-0.25, -0.2) is 9.38 Å². The third-order valence-electron chi connectivity index (χ3n) is 5.84. The molecule has 0 N–H and O–H groups in total. The Balaban J connectivity index is 1.33. The largest absolute Gasteiger partial charge is 0.490 e. The zero-order valence-corrected chi connectivity index (χ0v) is 22.4. The summed E-state index contributed by atoms with van der Waals surface area (Å²) in [6.45, 7) is 6.95. The number of hydrogen-bond acceptors (Lipinski definition) is 5. The van der Waals surface area contributed by atoms with E-state index in [2.05, 4.69) is 31.0 Å². The molecule has 0 saturated carbocycles. The third-order valence-corrected chi connectivity index (χ3v) is 7.37. The van der Waals surface area contributed by atoms with Gasteiger partial charge in [0.25, 0.3) is 5.56 Å². The maximum Gasteiger partial charge on any atom is 0.274 e. The lowest BCUT2D eigenvalue weighted by Gasteiger charge is -2.16. The molecular weight excluding hydrogens is 515 g/mol. The van der Waals surface area contributed by atoms with E-state index in [0.29, 0.717) is 43.4 Å². The van der Waals surface area contributed by atoms with E-state index in [1.807, 2.05) is 37.3 Å². The molecule has 0 spiro atoms. The summed E-state index contributed by atoms with van der Waals surface area (Å²) >= 11 is 14.3. The lowest BCUT2D eigenvalue weighted by molar-refractivity contribution is 0.215. The maximum absolute atomic E-state index is 13.0. The summed E-state index contributed by atoms with van der Waals surface area (Å²) in [6, 6.07) is 17.3. The van der Waals surface area contributed by atoms with E-state index in [1.54, 1.807) is 22.6 Å². The Bertz CT molecular complexity index is 1670. The van der Waals surface area contributed by atoms with E-state index in [-0.39, 0.29) is 12.2 Å². The van der Waals surface area contributed by atoms with E-state index in [9.17, 15) is 4.79 Å². The molecule has 0 radical (unpaired) electrons. The van der Waals surface area contributed by atoms with E-state index < -0.39 is 0 Å². The van der Waals surface area contributed by atoms with Crippen LogP contribution in [0.2, 0.25) is 10.0 Å². The van der Waals surface area contributed by atoms with Gasteiger partial charge in [-0.3, -0.25) is 4.79 Å². The molecule has 0 aliphatic carbocycles. The van der Waals surface area contributed by atoms with Crippen LogP contribution in [0, 0.1) is 6.92 Å². The van der Waals surface area contributed by atoms with E-state index in [4.69, 9.17) is 32.7 Å². The summed E-state index contributed by atoms with van der Waals surface area (Å²) in [6.07, 6.45) is 1.77. The quantitative estimate of drug-likeness (QED) is 0.217. The molecule has 5 nitrogen and oxygen atoms in total. The van der Waals surface area contributed by atoms with Crippen LogP contribution in [0.3, 0.4) is 0 Å². The van der Waals surface area contributed by atoms with Crippen LogP contribution in [-0.2, 0) is 0 Å². The normalized spacial score (nSPS) is 12.2. The van der Waals surface area contributed by atoms with Gasteiger partial charge in [-0.2, -0.15) is 0 Å². The van der Waals surface area contributed by atoms with Crippen LogP contribution in [0.15, 0.2) is 59.4 Å². The molecule has 0 bridgehead atoms. The molecule has 0 aliphatic rings. The molecule has 5 rings (SSSR count). The highest BCUT2D eigenvalue weighted by Gasteiger charge is 2.13. The fourth-order valence-corrected chi connectivity index (χ4v) is 5.70. The fourth-order valence-electron chi connectivity index (χ4n) is 4.10. The van der Waals surface area contributed by atoms with Crippen molar-refractivity contribution in [3.63, 3.8) is 0 Å². The number of hydrogen-bond donors (Lipinski definition) is 0. The Kier molecular flexibility index (Phi) is 6.93. The van der Waals surface area contributed by atoms with Gasteiger partial charge < -0.3 is 9.47 Å². The molecule has 0 atom stereocenters. The minimum absolute atomic E-state index is 0.120. The summed E-state index contributed by atoms with van der Waals surface area (Å²) in [5, 5.41) is 0.734. The number of imidazole rings is 1. The summed E-state index contributed by atoms with van der Waals surface area (Å²) in [5.41, 5.74) is 4.48. The molecule has 0 fully saturated rings. The molecule has 8 heteroatoms. The van der Waals surface area contributed by atoms with Crippen LogP contribution in [-0.4, -0.2) is 22.6 Å². The van der Waals surface area contributed by atoms with Gasteiger partial charge in [0.1, 0.15) is 19.0 Å². The summed E-state index contributed by atoms with van der Waals surface area (Å²) in [7, 11) is 0. The Morgan fingerprint density at radius 1 is 1.03 bits per heavy atom. The second-order valence-electron chi connectivity index (χ2n) is 8.84. The molecule has 0 amide bonds. The second kappa shape index (κ2) is 10.1. The van der Waals surface area contributed by atoms with Crippen molar-refractivity contribution in [1.82, 2.24) is 9.38 Å². The first-order chi connectivity index (χ1) is 17.3. The number of halogens is 2. The lowest BCUT2D eigenvalue weighted by atomic mass is 10.0. The van der Waals surface area contributed by atoms with Crippen molar-refractivity contribution in [3.8, 4) is 11.5 Å². The highest BCUT2D eigenvalue weighted by molar-refractivity contribution is 7.15. The molecule has 0 saturated heterocycles. The average molecular weight is 539 g/mol. The number of ether oxygens (including phenoxy) is 2. The molecule has 2 aromatic heterocycles. The number of aromatic nitrogens is 2. The second-order valence-corrected chi connectivity index (χ2v) is 10.7. The van der Waals surface area contributed by atoms with Crippen LogP contribution >= 0.6 is 34.5 Å². The summed E-state index contributed by atoms with van der Waals surface area (Å²) < 4.78 is 14.0. The number of rotatable bonds is 7. The van der Waals surface area contributed by atoms with Gasteiger partial charge in [0.15, 0.2) is 10.7 Å². The van der Waals surface area contributed by atoms with Crippen molar-refractivity contribution in [2.75, 3.05) is 13.2 Å². The predicted molar refractivity (Wildman–Crippen MR) is 148 cm³/mol. The lowest BCUT2D eigenvalue weighted by Crippen LogP contribution is -2.22. The van der Waals surface area contributed by atoms with Gasteiger partial charge in [-0.05, 0) is 65.9 Å².